The Morgan fingerprint density at radius 3 is 2.68 bits per heavy atom. The molecule has 0 spiro atoms. The standard InChI is InChI=1S/C19H13ClN2OS2/c1-12-9-10-24-17(12)18(23)22(14-6-4-5-13(20)11-14)19-21-15-7-2-3-8-16(15)25-19/h2-11H,1H3. The molecular weight excluding hydrogens is 372 g/mol. The third-order valence-corrected chi connectivity index (χ3v) is 6.06. The number of aryl methyl sites for hydroxylation is 1. The van der Waals surface area contributed by atoms with Crippen molar-refractivity contribution < 1.29 is 4.79 Å². The minimum Gasteiger partial charge on any atom is -0.267 e. The summed E-state index contributed by atoms with van der Waals surface area (Å²) in [6.07, 6.45) is 0. The van der Waals surface area contributed by atoms with E-state index in [9.17, 15) is 4.79 Å². The summed E-state index contributed by atoms with van der Waals surface area (Å²) in [4.78, 5) is 20.3. The molecule has 2 aromatic heterocycles. The first kappa shape index (κ1) is 16.3. The van der Waals surface area contributed by atoms with E-state index in [1.54, 1.807) is 17.0 Å². The maximum absolute atomic E-state index is 13.3. The number of amides is 1. The van der Waals surface area contributed by atoms with Crippen LogP contribution in [0.25, 0.3) is 10.2 Å². The van der Waals surface area contributed by atoms with Gasteiger partial charge in [0.25, 0.3) is 5.91 Å². The van der Waals surface area contributed by atoms with Crippen molar-refractivity contribution in [1.29, 1.82) is 0 Å². The summed E-state index contributed by atoms with van der Waals surface area (Å²) in [6.45, 7) is 1.94. The number of rotatable bonds is 3. The molecule has 0 aliphatic rings. The number of para-hydroxylation sites is 1. The van der Waals surface area contributed by atoms with Gasteiger partial charge in [-0.05, 0) is 54.3 Å². The second kappa shape index (κ2) is 6.59. The molecule has 25 heavy (non-hydrogen) atoms. The van der Waals surface area contributed by atoms with Gasteiger partial charge in [-0.15, -0.1) is 11.3 Å². The van der Waals surface area contributed by atoms with Crippen molar-refractivity contribution in [1.82, 2.24) is 4.98 Å². The molecule has 0 aliphatic carbocycles. The second-order valence-electron chi connectivity index (χ2n) is 5.52. The lowest BCUT2D eigenvalue weighted by Gasteiger charge is -2.20. The number of hydrogen-bond acceptors (Lipinski definition) is 4. The molecule has 3 nitrogen and oxygen atoms in total. The number of fused-ring (bicyclic) bond motifs is 1. The third-order valence-electron chi connectivity index (χ3n) is 3.80. The van der Waals surface area contributed by atoms with Crippen molar-refractivity contribution in [2.24, 2.45) is 0 Å². The molecule has 0 bridgehead atoms. The van der Waals surface area contributed by atoms with Gasteiger partial charge in [-0.2, -0.15) is 0 Å². The van der Waals surface area contributed by atoms with Gasteiger partial charge in [0.1, 0.15) is 0 Å². The van der Waals surface area contributed by atoms with Crippen LogP contribution in [0.15, 0.2) is 60.0 Å². The van der Waals surface area contributed by atoms with Crippen LogP contribution in [0.2, 0.25) is 5.02 Å². The van der Waals surface area contributed by atoms with Crippen molar-refractivity contribution in [3.8, 4) is 0 Å². The highest BCUT2D eigenvalue weighted by molar-refractivity contribution is 7.22. The first-order valence-corrected chi connectivity index (χ1v) is 9.70. The Morgan fingerprint density at radius 1 is 1.12 bits per heavy atom. The molecule has 124 valence electrons. The molecule has 2 heterocycles. The molecule has 0 aliphatic heterocycles. The second-order valence-corrected chi connectivity index (χ2v) is 7.88. The van der Waals surface area contributed by atoms with E-state index in [0.717, 1.165) is 15.8 Å². The zero-order chi connectivity index (χ0) is 17.4. The SMILES string of the molecule is Cc1ccsc1C(=O)N(c1cccc(Cl)c1)c1nc2ccccc2s1. The van der Waals surface area contributed by atoms with Crippen LogP contribution < -0.4 is 4.90 Å². The minimum atomic E-state index is -0.0891. The van der Waals surface area contributed by atoms with Gasteiger partial charge in [0.15, 0.2) is 5.13 Å². The summed E-state index contributed by atoms with van der Waals surface area (Å²) >= 11 is 9.10. The highest BCUT2D eigenvalue weighted by atomic mass is 35.5. The minimum absolute atomic E-state index is 0.0891. The van der Waals surface area contributed by atoms with Crippen LogP contribution in [0.5, 0.6) is 0 Å². The Kier molecular flexibility index (Phi) is 4.29. The van der Waals surface area contributed by atoms with E-state index >= 15 is 0 Å². The monoisotopic (exact) mass is 384 g/mol. The predicted molar refractivity (Wildman–Crippen MR) is 107 cm³/mol. The molecule has 0 saturated carbocycles. The van der Waals surface area contributed by atoms with Gasteiger partial charge in [0.05, 0.1) is 20.8 Å². The normalized spacial score (nSPS) is 11.0. The van der Waals surface area contributed by atoms with Crippen LogP contribution in [0, 0.1) is 6.92 Å². The Bertz CT molecular complexity index is 1040. The molecule has 2 aromatic carbocycles. The molecule has 0 atom stereocenters. The largest absolute Gasteiger partial charge is 0.274 e. The van der Waals surface area contributed by atoms with Crippen LogP contribution in [0.3, 0.4) is 0 Å². The van der Waals surface area contributed by atoms with E-state index in [2.05, 4.69) is 4.98 Å². The summed E-state index contributed by atoms with van der Waals surface area (Å²) in [6, 6.07) is 17.1. The van der Waals surface area contributed by atoms with Crippen LogP contribution in [-0.4, -0.2) is 10.9 Å². The van der Waals surface area contributed by atoms with E-state index in [1.807, 2.05) is 54.8 Å². The van der Waals surface area contributed by atoms with E-state index in [-0.39, 0.29) is 5.91 Å². The van der Waals surface area contributed by atoms with Gasteiger partial charge in [0.2, 0.25) is 0 Å². The smallest absolute Gasteiger partial charge is 0.267 e. The molecule has 4 rings (SSSR count). The van der Waals surface area contributed by atoms with Gasteiger partial charge >= 0.3 is 0 Å². The quantitative estimate of drug-likeness (QED) is 0.415. The number of carbonyl (C=O) groups is 1. The van der Waals surface area contributed by atoms with E-state index in [4.69, 9.17) is 11.6 Å². The number of aromatic nitrogens is 1. The van der Waals surface area contributed by atoms with Crippen LogP contribution in [0.1, 0.15) is 15.2 Å². The van der Waals surface area contributed by atoms with Gasteiger partial charge in [-0.3, -0.25) is 9.69 Å². The Balaban J connectivity index is 1.89. The van der Waals surface area contributed by atoms with Crippen LogP contribution in [0.4, 0.5) is 10.8 Å². The lowest BCUT2D eigenvalue weighted by atomic mass is 10.2. The maximum atomic E-state index is 13.3. The van der Waals surface area contributed by atoms with Crippen molar-refractivity contribution in [2.75, 3.05) is 4.90 Å². The summed E-state index contributed by atoms with van der Waals surface area (Å²) in [7, 11) is 0. The molecule has 4 aromatic rings. The Hall–Kier alpha value is -2.21. The van der Waals surface area contributed by atoms with Gasteiger partial charge in [0, 0.05) is 5.02 Å². The Labute approximate surface area is 158 Å². The molecule has 6 heteroatoms. The molecule has 1 amide bonds. The fourth-order valence-electron chi connectivity index (χ4n) is 2.58. The number of thiazole rings is 1. The van der Waals surface area contributed by atoms with E-state index < -0.39 is 0 Å². The highest BCUT2D eigenvalue weighted by Crippen LogP contribution is 2.36. The number of anilines is 2. The van der Waals surface area contributed by atoms with Crippen molar-refractivity contribution in [3.05, 3.63) is 75.4 Å². The van der Waals surface area contributed by atoms with Crippen LogP contribution in [-0.2, 0) is 0 Å². The molecule has 0 fully saturated rings. The summed E-state index contributed by atoms with van der Waals surface area (Å²) in [5.41, 5.74) is 2.55. The fraction of sp³-hybridized carbons (Fsp3) is 0.0526. The zero-order valence-corrected chi connectivity index (χ0v) is 15.7. The number of thiophene rings is 1. The van der Waals surface area contributed by atoms with Gasteiger partial charge in [-0.25, -0.2) is 4.98 Å². The third kappa shape index (κ3) is 3.06. The van der Waals surface area contributed by atoms with E-state index in [0.29, 0.717) is 20.7 Å². The molecule has 0 radical (unpaired) electrons. The molecule has 0 N–H and O–H groups in total. The number of benzene rings is 2. The molecular formula is C19H13ClN2OS2. The topological polar surface area (TPSA) is 33.2 Å². The maximum Gasteiger partial charge on any atom is 0.274 e. The van der Waals surface area contributed by atoms with Gasteiger partial charge < -0.3 is 0 Å². The lowest BCUT2D eigenvalue weighted by Crippen LogP contribution is -2.25. The Morgan fingerprint density at radius 2 is 1.96 bits per heavy atom. The fourth-order valence-corrected chi connectivity index (χ4v) is 4.60. The summed E-state index contributed by atoms with van der Waals surface area (Å²) in [5.74, 6) is -0.0891. The van der Waals surface area contributed by atoms with Crippen molar-refractivity contribution >= 4 is 61.2 Å². The zero-order valence-electron chi connectivity index (χ0n) is 13.3. The number of halogens is 1. The average molecular weight is 385 g/mol. The van der Waals surface area contributed by atoms with Gasteiger partial charge in [-0.1, -0.05) is 41.1 Å². The summed E-state index contributed by atoms with van der Waals surface area (Å²) < 4.78 is 1.04. The van der Waals surface area contributed by atoms with E-state index in [1.165, 1.54) is 22.7 Å². The predicted octanol–water partition coefficient (Wildman–Crippen LogP) is 6.30. The van der Waals surface area contributed by atoms with Crippen molar-refractivity contribution in [2.45, 2.75) is 6.92 Å². The average Bonchev–Trinajstić information content (AvgIpc) is 3.20. The van der Waals surface area contributed by atoms with Crippen LogP contribution >= 0.6 is 34.3 Å². The van der Waals surface area contributed by atoms with Crippen molar-refractivity contribution in [3.63, 3.8) is 0 Å². The number of carbonyl (C=O) groups excluding carboxylic acids is 1. The molecule has 0 unspecified atom stereocenters. The highest BCUT2D eigenvalue weighted by Gasteiger charge is 2.25. The first-order chi connectivity index (χ1) is 12.1. The lowest BCUT2D eigenvalue weighted by molar-refractivity contribution is 0.100. The summed E-state index contributed by atoms with van der Waals surface area (Å²) in [5, 5.41) is 3.15. The first-order valence-electron chi connectivity index (χ1n) is 7.63. The number of hydrogen-bond donors (Lipinski definition) is 0. The number of nitrogens with zero attached hydrogens (tertiary/aromatic N) is 2. The molecule has 0 saturated heterocycles.